The fraction of sp³-hybridized carbons (Fsp3) is 0.500. The zero-order valence-corrected chi connectivity index (χ0v) is 13.3. The SMILES string of the molecule is CCC(C)(CC)NS(=O)(=O)c1cc(C(=O)O)cc(F)c1C. The maximum absolute atomic E-state index is 13.8. The summed E-state index contributed by atoms with van der Waals surface area (Å²) in [5.74, 6) is -2.23. The largest absolute Gasteiger partial charge is 0.478 e. The standard InChI is InChI=1S/C14H20FNO4S/c1-5-14(4,6-2)16-21(19,20)12-8-10(13(17)18)7-11(15)9(12)3/h7-8,16H,5-6H2,1-4H3,(H,17,18). The first kappa shape index (κ1) is 17.6. The molecule has 0 aliphatic carbocycles. The first-order valence-corrected chi connectivity index (χ1v) is 8.12. The second-order valence-electron chi connectivity index (χ2n) is 5.26. The van der Waals surface area contributed by atoms with Gasteiger partial charge in [-0.2, -0.15) is 0 Å². The normalized spacial score (nSPS) is 12.4. The van der Waals surface area contributed by atoms with E-state index in [1.54, 1.807) is 6.92 Å². The van der Waals surface area contributed by atoms with Crippen LogP contribution >= 0.6 is 0 Å². The van der Waals surface area contributed by atoms with Gasteiger partial charge >= 0.3 is 5.97 Å². The van der Waals surface area contributed by atoms with Crippen LogP contribution in [0.3, 0.4) is 0 Å². The molecule has 2 N–H and O–H groups in total. The lowest BCUT2D eigenvalue weighted by Gasteiger charge is -2.28. The Morgan fingerprint density at radius 3 is 2.29 bits per heavy atom. The molecule has 0 aromatic heterocycles. The highest BCUT2D eigenvalue weighted by molar-refractivity contribution is 7.89. The number of nitrogens with one attached hydrogen (secondary N) is 1. The van der Waals surface area contributed by atoms with Crippen molar-refractivity contribution >= 4 is 16.0 Å². The van der Waals surface area contributed by atoms with Gasteiger partial charge in [-0.3, -0.25) is 0 Å². The van der Waals surface area contributed by atoms with Crippen molar-refractivity contribution in [3.63, 3.8) is 0 Å². The third kappa shape index (κ3) is 3.79. The number of carboxylic acids is 1. The van der Waals surface area contributed by atoms with Gasteiger partial charge in [0.1, 0.15) is 5.82 Å². The Morgan fingerprint density at radius 2 is 1.86 bits per heavy atom. The van der Waals surface area contributed by atoms with Gasteiger partial charge in [-0.05, 0) is 38.8 Å². The number of sulfonamides is 1. The molecule has 7 heteroatoms. The van der Waals surface area contributed by atoms with Crippen molar-refractivity contribution in [1.82, 2.24) is 4.72 Å². The second kappa shape index (κ2) is 6.11. The maximum Gasteiger partial charge on any atom is 0.335 e. The van der Waals surface area contributed by atoms with E-state index < -0.39 is 32.9 Å². The fourth-order valence-corrected chi connectivity index (χ4v) is 3.66. The number of aromatic carboxylic acids is 1. The molecule has 0 spiro atoms. The van der Waals surface area contributed by atoms with Crippen LogP contribution in [-0.4, -0.2) is 25.0 Å². The molecule has 0 saturated heterocycles. The van der Waals surface area contributed by atoms with Crippen LogP contribution in [0.5, 0.6) is 0 Å². The lowest BCUT2D eigenvalue weighted by Crippen LogP contribution is -2.45. The molecule has 0 aliphatic heterocycles. The van der Waals surface area contributed by atoms with Crippen LogP contribution < -0.4 is 4.72 Å². The van der Waals surface area contributed by atoms with Crippen molar-refractivity contribution in [1.29, 1.82) is 0 Å². The van der Waals surface area contributed by atoms with Gasteiger partial charge in [0.2, 0.25) is 10.0 Å². The topological polar surface area (TPSA) is 83.5 Å². The van der Waals surface area contributed by atoms with Crippen LogP contribution in [0.15, 0.2) is 17.0 Å². The van der Waals surface area contributed by atoms with Gasteiger partial charge < -0.3 is 5.11 Å². The van der Waals surface area contributed by atoms with Crippen LogP contribution in [0.2, 0.25) is 0 Å². The molecule has 0 bridgehead atoms. The van der Waals surface area contributed by atoms with E-state index in [9.17, 15) is 17.6 Å². The summed E-state index contributed by atoms with van der Waals surface area (Å²) in [7, 11) is -4.00. The van der Waals surface area contributed by atoms with Crippen molar-refractivity contribution in [3.8, 4) is 0 Å². The second-order valence-corrected chi connectivity index (χ2v) is 6.91. The minimum Gasteiger partial charge on any atom is -0.478 e. The summed E-state index contributed by atoms with van der Waals surface area (Å²) in [5, 5.41) is 8.93. The van der Waals surface area contributed by atoms with E-state index in [4.69, 9.17) is 5.11 Å². The molecule has 1 aromatic carbocycles. The van der Waals surface area contributed by atoms with E-state index in [0.29, 0.717) is 12.8 Å². The highest BCUT2D eigenvalue weighted by atomic mass is 32.2. The molecule has 0 unspecified atom stereocenters. The quantitative estimate of drug-likeness (QED) is 0.845. The van der Waals surface area contributed by atoms with Gasteiger partial charge in [0.05, 0.1) is 10.5 Å². The van der Waals surface area contributed by atoms with E-state index in [0.717, 1.165) is 12.1 Å². The van der Waals surface area contributed by atoms with E-state index >= 15 is 0 Å². The van der Waals surface area contributed by atoms with Gasteiger partial charge in [-0.1, -0.05) is 13.8 Å². The zero-order valence-electron chi connectivity index (χ0n) is 12.5. The average molecular weight is 317 g/mol. The summed E-state index contributed by atoms with van der Waals surface area (Å²) in [6.07, 6.45) is 1.12. The zero-order chi connectivity index (χ0) is 16.4. The van der Waals surface area contributed by atoms with Crippen molar-refractivity contribution in [2.75, 3.05) is 0 Å². The number of carboxylic acid groups (broad SMARTS) is 1. The molecule has 0 fully saturated rings. The summed E-state index contributed by atoms with van der Waals surface area (Å²) >= 11 is 0. The number of rotatable bonds is 6. The first-order valence-electron chi connectivity index (χ1n) is 6.63. The molecular weight excluding hydrogens is 297 g/mol. The predicted octanol–water partition coefficient (Wildman–Crippen LogP) is 2.69. The highest BCUT2D eigenvalue weighted by Gasteiger charge is 2.29. The van der Waals surface area contributed by atoms with Crippen molar-refractivity contribution in [2.24, 2.45) is 0 Å². The molecule has 5 nitrogen and oxygen atoms in total. The minimum absolute atomic E-state index is 0.0953. The maximum atomic E-state index is 13.8. The van der Waals surface area contributed by atoms with E-state index in [2.05, 4.69) is 4.72 Å². The lowest BCUT2D eigenvalue weighted by atomic mass is 9.98. The summed E-state index contributed by atoms with van der Waals surface area (Å²) < 4.78 is 41.2. The number of hydrogen-bond donors (Lipinski definition) is 2. The average Bonchev–Trinajstić information content (AvgIpc) is 2.40. The summed E-state index contributed by atoms with van der Waals surface area (Å²) in [6, 6.07) is 1.80. The van der Waals surface area contributed by atoms with Crippen molar-refractivity contribution < 1.29 is 22.7 Å². The number of halogens is 1. The number of carbonyl (C=O) groups is 1. The van der Waals surface area contributed by atoms with Gasteiger partial charge in [0, 0.05) is 11.1 Å². The van der Waals surface area contributed by atoms with Crippen LogP contribution in [0.4, 0.5) is 4.39 Å². The lowest BCUT2D eigenvalue weighted by molar-refractivity contribution is 0.0696. The Bertz CT molecular complexity index is 651. The summed E-state index contributed by atoms with van der Waals surface area (Å²) in [6.45, 7) is 6.74. The smallest absolute Gasteiger partial charge is 0.335 e. The Kier molecular flexibility index (Phi) is 5.11. The molecule has 118 valence electrons. The monoisotopic (exact) mass is 317 g/mol. The van der Waals surface area contributed by atoms with Crippen LogP contribution in [0, 0.1) is 12.7 Å². The number of hydrogen-bond acceptors (Lipinski definition) is 3. The molecule has 0 radical (unpaired) electrons. The number of benzene rings is 1. The van der Waals surface area contributed by atoms with Crippen LogP contribution in [-0.2, 0) is 10.0 Å². The third-order valence-corrected chi connectivity index (χ3v) is 5.54. The van der Waals surface area contributed by atoms with Gasteiger partial charge in [0.15, 0.2) is 0 Å². The molecule has 1 rings (SSSR count). The summed E-state index contributed by atoms with van der Waals surface area (Å²) in [5.41, 5.74) is -1.16. The molecule has 0 atom stereocenters. The highest BCUT2D eigenvalue weighted by Crippen LogP contribution is 2.24. The van der Waals surface area contributed by atoms with Gasteiger partial charge in [-0.25, -0.2) is 22.3 Å². The van der Waals surface area contributed by atoms with Crippen molar-refractivity contribution in [3.05, 3.63) is 29.1 Å². The van der Waals surface area contributed by atoms with Crippen LogP contribution in [0.25, 0.3) is 0 Å². The third-order valence-electron chi connectivity index (χ3n) is 3.77. The summed E-state index contributed by atoms with van der Waals surface area (Å²) in [4.78, 5) is 10.6. The Labute approximate surface area is 124 Å². The minimum atomic E-state index is -4.00. The Hall–Kier alpha value is -1.47. The molecule has 0 saturated carbocycles. The predicted molar refractivity (Wildman–Crippen MR) is 77.4 cm³/mol. The van der Waals surface area contributed by atoms with Gasteiger partial charge in [-0.15, -0.1) is 0 Å². The van der Waals surface area contributed by atoms with Crippen LogP contribution in [0.1, 0.15) is 49.5 Å². The molecule has 0 amide bonds. The van der Waals surface area contributed by atoms with E-state index in [1.165, 1.54) is 6.92 Å². The van der Waals surface area contributed by atoms with Gasteiger partial charge in [0.25, 0.3) is 0 Å². The Balaban J connectivity index is 3.41. The van der Waals surface area contributed by atoms with Crippen molar-refractivity contribution in [2.45, 2.75) is 51.0 Å². The fourth-order valence-electron chi connectivity index (χ4n) is 1.83. The molecule has 0 heterocycles. The van der Waals surface area contributed by atoms with E-state index in [1.807, 2.05) is 13.8 Å². The Morgan fingerprint density at radius 1 is 1.33 bits per heavy atom. The molecule has 1 aromatic rings. The first-order chi connectivity index (χ1) is 9.56. The molecule has 0 aliphatic rings. The van der Waals surface area contributed by atoms with E-state index in [-0.39, 0.29) is 10.5 Å². The molecule has 21 heavy (non-hydrogen) atoms. The molecular formula is C14H20FNO4S.